The molecule has 16 heavy (non-hydrogen) atoms. The number of carbonyl (C=O) groups excluding carboxylic acids is 1. The van der Waals surface area contributed by atoms with Crippen LogP contribution in [0.2, 0.25) is 0 Å². The number of nitrogens with zero attached hydrogens (tertiary/aromatic N) is 3. The van der Waals surface area contributed by atoms with Gasteiger partial charge in [-0.15, -0.1) is 4.41 Å². The van der Waals surface area contributed by atoms with Crippen molar-refractivity contribution in [2.75, 3.05) is 13.1 Å². The van der Waals surface area contributed by atoms with Gasteiger partial charge in [0.2, 0.25) is 0 Å². The van der Waals surface area contributed by atoms with Crippen LogP contribution in [-0.4, -0.2) is 43.0 Å². The second kappa shape index (κ2) is 5.92. The summed E-state index contributed by atoms with van der Waals surface area (Å²) in [6.45, 7) is 4.17. The highest BCUT2D eigenvalue weighted by Crippen LogP contribution is 2.07. The third-order valence-corrected chi connectivity index (χ3v) is 2.82. The summed E-state index contributed by atoms with van der Waals surface area (Å²) in [5.41, 5.74) is 2.91. The van der Waals surface area contributed by atoms with Gasteiger partial charge in [0.25, 0.3) is 0 Å². The third-order valence-electron chi connectivity index (χ3n) is 2.10. The molecule has 1 atom stereocenters. The first-order chi connectivity index (χ1) is 7.56. The number of carbonyl (C=O) groups is 1. The summed E-state index contributed by atoms with van der Waals surface area (Å²) in [5, 5.41) is 4.87. The Balaban J connectivity index is 2.73. The Kier molecular flexibility index (Phi) is 4.84. The van der Waals surface area contributed by atoms with Gasteiger partial charge in [0.15, 0.2) is 0 Å². The van der Waals surface area contributed by atoms with Crippen LogP contribution in [0.25, 0.3) is 0 Å². The van der Waals surface area contributed by atoms with E-state index in [2.05, 4.69) is 10.5 Å². The first-order valence-electron chi connectivity index (χ1n) is 5.03. The van der Waals surface area contributed by atoms with Crippen LogP contribution in [0.1, 0.15) is 26.7 Å². The number of hydrogen-bond acceptors (Lipinski definition) is 4. The molecule has 0 saturated carbocycles. The molecule has 1 N–H and O–H groups in total. The summed E-state index contributed by atoms with van der Waals surface area (Å²) in [6, 6.07) is -0.522. The molecule has 2 amide bonds. The molecule has 0 fully saturated rings. The van der Waals surface area contributed by atoms with Crippen LogP contribution in [0.3, 0.4) is 0 Å². The van der Waals surface area contributed by atoms with E-state index < -0.39 is 17.3 Å². The van der Waals surface area contributed by atoms with E-state index in [0.717, 1.165) is 15.8 Å². The van der Waals surface area contributed by atoms with Crippen molar-refractivity contribution in [1.29, 1.82) is 0 Å². The topological polar surface area (TPSA) is 88.1 Å². The molecule has 1 aliphatic rings. The van der Waals surface area contributed by atoms with Gasteiger partial charge in [0.05, 0.1) is 12.3 Å². The van der Waals surface area contributed by atoms with Crippen LogP contribution >= 0.6 is 0 Å². The van der Waals surface area contributed by atoms with Crippen LogP contribution in [0.5, 0.6) is 0 Å². The van der Waals surface area contributed by atoms with Crippen molar-refractivity contribution < 1.29 is 13.6 Å². The second-order valence-electron chi connectivity index (χ2n) is 3.47. The molecule has 1 unspecified atom stereocenters. The van der Waals surface area contributed by atoms with Crippen LogP contribution in [0.4, 0.5) is 4.79 Å². The van der Waals surface area contributed by atoms with Crippen LogP contribution in [-0.2, 0) is 11.3 Å². The number of hydrazine groups is 1. The van der Waals surface area contributed by atoms with Gasteiger partial charge in [-0.05, 0) is 13.3 Å². The zero-order valence-electron chi connectivity index (χ0n) is 9.30. The fourth-order valence-electron chi connectivity index (χ4n) is 1.27. The van der Waals surface area contributed by atoms with Gasteiger partial charge < -0.3 is 4.55 Å². The molecule has 1 heterocycles. The average molecular weight is 247 g/mol. The van der Waals surface area contributed by atoms with Gasteiger partial charge >= 0.3 is 6.03 Å². The summed E-state index contributed by atoms with van der Waals surface area (Å²) in [7, 11) is 0. The zero-order valence-corrected chi connectivity index (χ0v) is 10.1. The van der Waals surface area contributed by atoms with Crippen molar-refractivity contribution in [1.82, 2.24) is 14.8 Å². The Labute approximate surface area is 96.9 Å². The normalized spacial score (nSPS) is 18.4. The van der Waals surface area contributed by atoms with Crippen LogP contribution in [0.15, 0.2) is 5.10 Å². The highest BCUT2D eigenvalue weighted by atomic mass is 32.2. The number of hydrogen-bond donors (Lipinski definition) is 1. The maximum absolute atomic E-state index is 11.4. The maximum atomic E-state index is 11.4. The fraction of sp³-hybridized carbons (Fsp3) is 0.750. The molecule has 92 valence electrons. The van der Waals surface area contributed by atoms with E-state index in [1.807, 2.05) is 6.92 Å². The number of rotatable bonds is 5. The molecule has 0 aliphatic carbocycles. The molecule has 0 aromatic carbocycles. The zero-order chi connectivity index (χ0) is 12.1. The first-order valence-corrected chi connectivity index (χ1v) is 6.07. The lowest BCUT2D eigenvalue weighted by atomic mass is 10.3. The van der Waals surface area contributed by atoms with Gasteiger partial charge in [0.1, 0.15) is 0 Å². The molecule has 8 heteroatoms. The minimum absolute atomic E-state index is 0.198. The van der Waals surface area contributed by atoms with E-state index in [4.69, 9.17) is 0 Å². The number of hydrazone groups is 1. The molecule has 0 saturated heterocycles. The highest BCUT2D eigenvalue weighted by molar-refractivity contribution is 7.76. The maximum Gasteiger partial charge on any atom is 0.353 e. The summed E-state index contributed by atoms with van der Waals surface area (Å²) in [4.78, 5) is 11.4. The number of unbranched alkanes of at least 4 members (excludes halogenated alkanes) is 1. The van der Waals surface area contributed by atoms with E-state index >= 15 is 0 Å². The van der Waals surface area contributed by atoms with Gasteiger partial charge in [0, 0.05) is 17.8 Å². The smallest absolute Gasteiger partial charge is 0.353 e. The van der Waals surface area contributed by atoms with Gasteiger partial charge in [-0.1, -0.05) is 13.3 Å². The molecule has 0 aromatic rings. The van der Waals surface area contributed by atoms with Crippen molar-refractivity contribution in [3.63, 3.8) is 0 Å². The van der Waals surface area contributed by atoms with Crippen molar-refractivity contribution >= 4 is 23.0 Å². The van der Waals surface area contributed by atoms with Gasteiger partial charge in [-0.2, -0.15) is 5.10 Å². The lowest BCUT2D eigenvalue weighted by Gasteiger charge is -2.36. The standard InChI is InChI=1S/C8H16N4O3S/c1-3-4-5-12(16(14)15)11-6-7(2)9-10-8(11)13/h3-6H2,1-2H3,(H,10,13)(H,14,15)/p-1. The quantitative estimate of drug-likeness (QED) is 0.704. The summed E-state index contributed by atoms with van der Waals surface area (Å²) in [5.74, 6) is 0. The predicted octanol–water partition coefficient (Wildman–Crippen LogP) is 0.199. The van der Waals surface area contributed by atoms with Crippen molar-refractivity contribution in [2.45, 2.75) is 26.7 Å². The van der Waals surface area contributed by atoms with E-state index in [9.17, 15) is 13.6 Å². The number of amides is 2. The SMILES string of the molecule is CCCCN(N1CC(C)=NNC1=O)S(=O)[O-]. The van der Waals surface area contributed by atoms with E-state index in [1.165, 1.54) is 0 Å². The molecule has 7 nitrogen and oxygen atoms in total. The minimum Gasteiger partial charge on any atom is -0.758 e. The van der Waals surface area contributed by atoms with E-state index in [1.54, 1.807) is 6.92 Å². The molecule has 1 rings (SSSR count). The van der Waals surface area contributed by atoms with Crippen LogP contribution < -0.4 is 5.43 Å². The molecule has 0 aromatic heterocycles. The molecular formula is C8H15N4O3S-. The molecular weight excluding hydrogens is 232 g/mol. The Morgan fingerprint density at radius 2 is 2.38 bits per heavy atom. The molecule has 0 bridgehead atoms. The fourth-order valence-corrected chi connectivity index (χ4v) is 1.85. The average Bonchev–Trinajstić information content (AvgIpc) is 2.23. The van der Waals surface area contributed by atoms with E-state index in [0.29, 0.717) is 18.7 Å². The Morgan fingerprint density at radius 1 is 1.69 bits per heavy atom. The monoisotopic (exact) mass is 247 g/mol. The minimum atomic E-state index is -2.44. The molecule has 0 spiro atoms. The third kappa shape index (κ3) is 3.26. The van der Waals surface area contributed by atoms with Crippen molar-refractivity contribution in [2.24, 2.45) is 5.10 Å². The Morgan fingerprint density at radius 3 is 2.94 bits per heavy atom. The Hall–Kier alpha value is -0.990. The lowest BCUT2D eigenvalue weighted by molar-refractivity contribution is 0.0970. The summed E-state index contributed by atoms with van der Waals surface area (Å²) in [6.07, 6.45) is 1.56. The van der Waals surface area contributed by atoms with Gasteiger partial charge in [-0.3, -0.25) is 4.21 Å². The number of nitrogens with one attached hydrogen (secondary N) is 1. The Bertz CT molecular complexity index is 320. The van der Waals surface area contributed by atoms with Crippen molar-refractivity contribution in [3.05, 3.63) is 0 Å². The van der Waals surface area contributed by atoms with Crippen molar-refractivity contribution in [3.8, 4) is 0 Å². The largest absolute Gasteiger partial charge is 0.758 e. The number of urea groups is 1. The van der Waals surface area contributed by atoms with Gasteiger partial charge in [-0.25, -0.2) is 15.2 Å². The molecule has 1 aliphatic heterocycles. The van der Waals surface area contributed by atoms with Crippen LogP contribution in [0, 0.1) is 0 Å². The predicted molar refractivity (Wildman–Crippen MR) is 58.9 cm³/mol. The summed E-state index contributed by atoms with van der Waals surface area (Å²) < 4.78 is 23.1. The van der Waals surface area contributed by atoms with E-state index in [-0.39, 0.29) is 6.54 Å². The molecule has 0 radical (unpaired) electrons. The second-order valence-corrected chi connectivity index (χ2v) is 4.32. The first kappa shape index (κ1) is 13.1. The highest BCUT2D eigenvalue weighted by Gasteiger charge is 2.25. The summed E-state index contributed by atoms with van der Waals surface area (Å²) >= 11 is -2.44. The lowest BCUT2D eigenvalue weighted by Crippen LogP contribution is -2.55.